The first-order valence-corrected chi connectivity index (χ1v) is 13.7. The summed E-state index contributed by atoms with van der Waals surface area (Å²) in [6.45, 7) is 1.95. The van der Waals surface area contributed by atoms with Gasteiger partial charge in [0.1, 0.15) is 0 Å². The monoisotopic (exact) mass is 548 g/mol. The fourth-order valence-corrected chi connectivity index (χ4v) is 3.23. The second-order valence-electron chi connectivity index (χ2n) is 5.57. The first-order chi connectivity index (χ1) is 9.93. The van der Waals surface area contributed by atoms with Gasteiger partial charge < -0.3 is 14.9 Å². The van der Waals surface area contributed by atoms with Gasteiger partial charge in [0.2, 0.25) is 0 Å². The van der Waals surface area contributed by atoms with Crippen molar-refractivity contribution in [3.05, 3.63) is 73.5 Å². The molecule has 0 N–H and O–H groups in total. The summed E-state index contributed by atoms with van der Waals surface area (Å²) in [7, 11) is 0. The van der Waals surface area contributed by atoms with Crippen LogP contribution in [0.25, 0.3) is 0 Å². The molecule has 24 heavy (non-hydrogen) atoms. The SMILES string of the molecule is Br.Br.[CH3-].[CH3-].[SiH2]=[Zr].c1cc2c([cH-]1)CCCC2.c1cc2c([cH-]1)CCCC2. The molecular weight excluding hydrogens is 519 g/mol. The van der Waals surface area contributed by atoms with Crippen LogP contribution < -0.4 is 0 Å². The topological polar surface area (TPSA) is 0 Å². The van der Waals surface area contributed by atoms with E-state index in [4.69, 9.17) is 0 Å². The molecule has 2 aliphatic rings. The molecule has 0 saturated carbocycles. The van der Waals surface area contributed by atoms with E-state index in [-0.39, 0.29) is 48.8 Å². The average molecular weight is 552 g/mol. The zero-order valence-electron chi connectivity index (χ0n) is 15.1. The van der Waals surface area contributed by atoms with Gasteiger partial charge >= 0.3 is 30.2 Å². The molecule has 0 nitrogen and oxygen atoms in total. The van der Waals surface area contributed by atoms with E-state index in [2.05, 4.69) is 36.4 Å². The second kappa shape index (κ2) is 17.2. The van der Waals surface area contributed by atoms with Crippen molar-refractivity contribution in [2.75, 3.05) is 0 Å². The predicted molar refractivity (Wildman–Crippen MR) is 119 cm³/mol. The van der Waals surface area contributed by atoms with E-state index in [9.17, 15) is 0 Å². The molecule has 2 aromatic rings. The van der Waals surface area contributed by atoms with E-state index < -0.39 is 0 Å². The summed E-state index contributed by atoms with van der Waals surface area (Å²) < 4.78 is 0. The molecule has 0 atom stereocenters. The first-order valence-electron chi connectivity index (χ1n) is 7.76. The maximum absolute atomic E-state index is 2.26. The maximum atomic E-state index is 2.26. The Morgan fingerprint density at radius 2 is 1.00 bits per heavy atom. The molecule has 0 heterocycles. The van der Waals surface area contributed by atoms with Crippen molar-refractivity contribution in [2.24, 2.45) is 0 Å². The van der Waals surface area contributed by atoms with E-state index in [1.165, 1.54) is 51.4 Å². The Hall–Kier alpha value is 0.760. The fourth-order valence-electron chi connectivity index (χ4n) is 3.23. The third-order valence-corrected chi connectivity index (χ3v) is 4.30. The predicted octanol–water partition coefficient (Wildman–Crippen LogP) is 5.71. The van der Waals surface area contributed by atoms with Crippen molar-refractivity contribution >= 4 is 40.8 Å². The fraction of sp³-hybridized carbons (Fsp3) is 0.400. The van der Waals surface area contributed by atoms with Crippen LogP contribution in [0.3, 0.4) is 0 Å². The molecule has 0 bridgehead atoms. The van der Waals surface area contributed by atoms with Gasteiger partial charge in [-0.15, -0.1) is 34.0 Å². The van der Waals surface area contributed by atoms with Crippen LogP contribution >= 0.6 is 34.0 Å². The minimum Gasteiger partial charge on any atom is -0.210 e. The van der Waals surface area contributed by atoms with Gasteiger partial charge in [0.05, 0.1) is 0 Å². The second-order valence-corrected chi connectivity index (χ2v) is 5.57. The van der Waals surface area contributed by atoms with Gasteiger partial charge in [-0.25, -0.2) is 12.1 Å². The minimum atomic E-state index is 0. The van der Waals surface area contributed by atoms with Gasteiger partial charge in [-0.3, -0.25) is 0 Å². The molecule has 0 spiro atoms. The van der Waals surface area contributed by atoms with E-state index >= 15 is 0 Å². The molecule has 0 unspecified atom stereocenters. The van der Waals surface area contributed by atoms with Crippen LogP contribution in [0.5, 0.6) is 0 Å². The van der Waals surface area contributed by atoms with Crippen molar-refractivity contribution in [1.29, 1.82) is 0 Å². The van der Waals surface area contributed by atoms with E-state index in [0.717, 1.165) is 0 Å². The Morgan fingerprint density at radius 3 is 1.33 bits per heavy atom. The molecule has 0 aliphatic heterocycles. The quantitative estimate of drug-likeness (QED) is 0.291. The van der Waals surface area contributed by atoms with Crippen molar-refractivity contribution in [2.45, 2.75) is 51.4 Å². The molecule has 0 aromatic heterocycles. The molecule has 0 radical (unpaired) electrons. The Balaban J connectivity index is -0.000000290. The summed E-state index contributed by atoms with van der Waals surface area (Å²) >= 11 is 1.58. The third-order valence-electron chi connectivity index (χ3n) is 4.30. The maximum Gasteiger partial charge on any atom is -0.0512 e. The van der Waals surface area contributed by atoms with Crippen LogP contribution in [-0.4, -0.2) is 6.88 Å². The van der Waals surface area contributed by atoms with Crippen molar-refractivity contribution in [3.8, 4) is 0 Å². The Labute approximate surface area is 187 Å². The molecule has 0 saturated heterocycles. The van der Waals surface area contributed by atoms with Gasteiger partial charge in [0, 0.05) is 0 Å². The molecule has 2 aliphatic carbocycles. The van der Waals surface area contributed by atoms with Crippen LogP contribution in [-0.2, 0) is 49.0 Å². The van der Waals surface area contributed by atoms with Crippen LogP contribution in [0.4, 0.5) is 0 Å². The molecular formula is C20H32Br2SiZr-4. The minimum absolute atomic E-state index is 0. The Kier molecular flexibility index (Phi) is 21.1. The number of hydrogen-bond donors (Lipinski definition) is 0. The molecule has 138 valence electrons. The summed E-state index contributed by atoms with van der Waals surface area (Å²) in [5.74, 6) is 0. The van der Waals surface area contributed by atoms with Gasteiger partial charge in [0.15, 0.2) is 0 Å². The smallest absolute Gasteiger partial charge is 0.0512 e. The number of aryl methyl sites for hydroxylation is 4. The third kappa shape index (κ3) is 8.92. The summed E-state index contributed by atoms with van der Waals surface area (Å²) in [6, 6.07) is 13.4. The van der Waals surface area contributed by atoms with Crippen molar-refractivity contribution in [1.82, 2.24) is 0 Å². The van der Waals surface area contributed by atoms with E-state index in [0.29, 0.717) is 0 Å². The zero-order valence-corrected chi connectivity index (χ0v) is 22.4. The van der Waals surface area contributed by atoms with Crippen molar-refractivity contribution in [3.63, 3.8) is 0 Å². The number of hydrogen-bond acceptors (Lipinski definition) is 0. The molecule has 0 amide bonds. The van der Waals surface area contributed by atoms with Gasteiger partial charge in [-0.05, 0) is 0 Å². The van der Waals surface area contributed by atoms with Crippen LogP contribution in [0, 0.1) is 14.9 Å². The molecule has 4 rings (SSSR count). The average Bonchev–Trinajstić information content (AvgIpc) is 3.18. The summed E-state index contributed by atoms with van der Waals surface area (Å²) in [6.07, 6.45) is 10.9. The molecule has 2 aromatic carbocycles. The number of rotatable bonds is 0. The number of halogens is 2. The molecule has 0 fully saturated rings. The Bertz CT molecular complexity index is 432. The summed E-state index contributed by atoms with van der Waals surface area (Å²) in [4.78, 5) is 0. The molecule has 4 heteroatoms. The van der Waals surface area contributed by atoms with Crippen molar-refractivity contribution < 1.29 is 23.3 Å². The normalized spacial score (nSPS) is 13.1. The van der Waals surface area contributed by atoms with Gasteiger partial charge in [0.25, 0.3) is 0 Å². The van der Waals surface area contributed by atoms with Crippen LogP contribution in [0.15, 0.2) is 36.4 Å². The Morgan fingerprint density at radius 1 is 0.667 bits per heavy atom. The standard InChI is InChI=1S/2C9H11.2CH3.2BrH.H2Si.Zr/c2*1-2-5-9-7-3-6-8(9)4-1;;;;;;/h2*3,6-7H,1-2,4-5H2;2*1H3;2*1H;1H2;/q4*-1;;;;. The van der Waals surface area contributed by atoms with E-state index in [1.54, 1.807) is 45.6 Å². The zero-order chi connectivity index (χ0) is 14.2. The largest absolute Gasteiger partial charge is 0.210 e. The summed E-state index contributed by atoms with van der Waals surface area (Å²) in [5, 5.41) is 0. The van der Waals surface area contributed by atoms with Gasteiger partial charge in [-0.1, -0.05) is 51.4 Å². The van der Waals surface area contributed by atoms with Gasteiger partial charge in [-0.2, -0.15) is 46.5 Å². The first kappa shape index (κ1) is 29.5. The number of fused-ring (bicyclic) bond motifs is 2. The summed E-state index contributed by atoms with van der Waals surface area (Å²) in [5.41, 5.74) is 6.39. The van der Waals surface area contributed by atoms with E-state index in [1.807, 2.05) is 6.88 Å². The van der Waals surface area contributed by atoms with Crippen LogP contribution in [0.2, 0.25) is 0 Å². The van der Waals surface area contributed by atoms with Crippen LogP contribution in [0.1, 0.15) is 47.9 Å².